The average molecular weight is 219 g/mol. The molecular weight excluding hydrogens is 202 g/mol. The number of hydrogen-bond acceptors (Lipinski definition) is 4. The van der Waals surface area contributed by atoms with Gasteiger partial charge in [-0.2, -0.15) is 0 Å². The summed E-state index contributed by atoms with van der Waals surface area (Å²) < 4.78 is 0. The minimum absolute atomic E-state index is 0.346. The molecule has 0 aromatic carbocycles. The molecule has 0 bridgehead atoms. The molecule has 16 heavy (non-hydrogen) atoms. The molecule has 0 radical (unpaired) electrons. The summed E-state index contributed by atoms with van der Waals surface area (Å²) in [6, 6.07) is 0. The van der Waals surface area contributed by atoms with Crippen LogP contribution in [0.15, 0.2) is 12.4 Å². The van der Waals surface area contributed by atoms with Gasteiger partial charge in [0.15, 0.2) is 0 Å². The van der Waals surface area contributed by atoms with Crippen LogP contribution in [0.3, 0.4) is 0 Å². The van der Waals surface area contributed by atoms with Gasteiger partial charge in [0.05, 0.1) is 0 Å². The number of anilines is 1. The van der Waals surface area contributed by atoms with Gasteiger partial charge in [0.25, 0.3) is 0 Å². The molecule has 1 saturated heterocycles. The highest BCUT2D eigenvalue weighted by atomic mass is 16.3. The van der Waals surface area contributed by atoms with Crippen molar-refractivity contribution in [3.63, 3.8) is 0 Å². The minimum atomic E-state index is 0.346. The van der Waals surface area contributed by atoms with Gasteiger partial charge in [-0.25, -0.2) is 9.97 Å². The number of aliphatic hydroxyl groups excluding tert-OH is 1. The summed E-state index contributed by atoms with van der Waals surface area (Å²) in [5.41, 5.74) is 1.18. The highest BCUT2D eigenvalue weighted by Crippen LogP contribution is 2.51. The van der Waals surface area contributed by atoms with Gasteiger partial charge in [-0.3, -0.25) is 0 Å². The summed E-state index contributed by atoms with van der Waals surface area (Å²) in [6.45, 7) is 4.48. The quantitative estimate of drug-likeness (QED) is 0.813. The van der Waals surface area contributed by atoms with Crippen LogP contribution in [0.1, 0.15) is 12.5 Å². The number of aliphatic hydroxyl groups is 1. The molecule has 2 aliphatic rings. The molecule has 2 fully saturated rings. The molecular formula is C12H17N3O. The van der Waals surface area contributed by atoms with Crippen molar-refractivity contribution < 1.29 is 5.11 Å². The monoisotopic (exact) mass is 219 g/mol. The maximum absolute atomic E-state index is 9.09. The molecule has 1 saturated carbocycles. The Morgan fingerprint density at radius 1 is 1.31 bits per heavy atom. The van der Waals surface area contributed by atoms with Crippen LogP contribution in [0.5, 0.6) is 0 Å². The molecule has 1 aromatic heterocycles. The summed E-state index contributed by atoms with van der Waals surface area (Å²) in [6.07, 6.45) is 4.81. The lowest BCUT2D eigenvalue weighted by molar-refractivity contribution is 0.260. The van der Waals surface area contributed by atoms with Gasteiger partial charge in [0.2, 0.25) is 5.95 Å². The average Bonchev–Trinajstić information content (AvgIpc) is 2.81. The maximum Gasteiger partial charge on any atom is 0.225 e. The molecule has 4 nitrogen and oxygen atoms in total. The first-order valence-electron chi connectivity index (χ1n) is 6.00. The molecule has 1 aliphatic carbocycles. The SMILES string of the molecule is CCc1cnc(N2C[C@@H]3C(CO)[C@@H]3C2)nc1. The Kier molecular flexibility index (Phi) is 2.32. The molecule has 1 unspecified atom stereocenters. The van der Waals surface area contributed by atoms with Gasteiger partial charge >= 0.3 is 0 Å². The maximum atomic E-state index is 9.09. The van der Waals surface area contributed by atoms with E-state index in [0.717, 1.165) is 25.5 Å². The zero-order valence-corrected chi connectivity index (χ0v) is 9.50. The van der Waals surface area contributed by atoms with Crippen LogP contribution in [0.25, 0.3) is 0 Å². The van der Waals surface area contributed by atoms with Crippen LogP contribution in [0, 0.1) is 17.8 Å². The lowest BCUT2D eigenvalue weighted by Crippen LogP contribution is -2.26. The third kappa shape index (κ3) is 1.48. The Morgan fingerprint density at radius 2 is 1.94 bits per heavy atom. The van der Waals surface area contributed by atoms with Crippen molar-refractivity contribution in [3.05, 3.63) is 18.0 Å². The van der Waals surface area contributed by atoms with Crippen molar-refractivity contribution in [2.75, 3.05) is 24.6 Å². The van der Waals surface area contributed by atoms with Crippen molar-refractivity contribution >= 4 is 5.95 Å². The number of fused-ring (bicyclic) bond motifs is 1. The molecule has 3 rings (SSSR count). The van der Waals surface area contributed by atoms with E-state index in [4.69, 9.17) is 5.11 Å². The van der Waals surface area contributed by atoms with E-state index in [2.05, 4.69) is 21.8 Å². The molecule has 3 atom stereocenters. The number of piperidine rings is 1. The van der Waals surface area contributed by atoms with E-state index in [0.29, 0.717) is 24.4 Å². The molecule has 1 N–H and O–H groups in total. The number of hydrogen-bond donors (Lipinski definition) is 1. The van der Waals surface area contributed by atoms with Crippen LogP contribution in [0.4, 0.5) is 5.95 Å². The van der Waals surface area contributed by atoms with Crippen molar-refractivity contribution in [3.8, 4) is 0 Å². The van der Waals surface area contributed by atoms with Crippen LogP contribution in [-0.4, -0.2) is 34.8 Å². The lowest BCUT2D eigenvalue weighted by Gasteiger charge is -2.19. The van der Waals surface area contributed by atoms with Crippen molar-refractivity contribution in [1.29, 1.82) is 0 Å². The Bertz CT molecular complexity index is 366. The molecule has 0 spiro atoms. The van der Waals surface area contributed by atoms with Crippen molar-refractivity contribution in [2.24, 2.45) is 17.8 Å². The summed E-state index contributed by atoms with van der Waals surface area (Å²) >= 11 is 0. The van der Waals surface area contributed by atoms with E-state index in [1.165, 1.54) is 5.56 Å². The van der Waals surface area contributed by atoms with E-state index >= 15 is 0 Å². The lowest BCUT2D eigenvalue weighted by atomic mass is 10.3. The second-order valence-electron chi connectivity index (χ2n) is 4.82. The van der Waals surface area contributed by atoms with Gasteiger partial charge in [0.1, 0.15) is 0 Å². The Hall–Kier alpha value is -1.16. The number of aromatic nitrogens is 2. The second-order valence-corrected chi connectivity index (χ2v) is 4.82. The summed E-state index contributed by atoms with van der Waals surface area (Å²) in [5.74, 6) is 2.76. The summed E-state index contributed by atoms with van der Waals surface area (Å²) in [4.78, 5) is 11.0. The highest BCUT2D eigenvalue weighted by molar-refractivity contribution is 5.35. The smallest absolute Gasteiger partial charge is 0.225 e. The number of aryl methyl sites for hydroxylation is 1. The fraction of sp³-hybridized carbons (Fsp3) is 0.667. The Balaban J connectivity index is 1.67. The second kappa shape index (κ2) is 3.70. The Morgan fingerprint density at radius 3 is 2.44 bits per heavy atom. The van der Waals surface area contributed by atoms with Crippen LogP contribution in [-0.2, 0) is 6.42 Å². The molecule has 0 amide bonds. The first-order valence-corrected chi connectivity index (χ1v) is 6.00. The topological polar surface area (TPSA) is 49.2 Å². The third-order valence-corrected chi connectivity index (χ3v) is 3.96. The van der Waals surface area contributed by atoms with E-state index < -0.39 is 0 Å². The molecule has 1 aromatic rings. The molecule has 1 aliphatic heterocycles. The minimum Gasteiger partial charge on any atom is -0.396 e. The zero-order valence-electron chi connectivity index (χ0n) is 9.50. The van der Waals surface area contributed by atoms with Gasteiger partial charge in [-0.15, -0.1) is 0 Å². The standard InChI is InChI=1S/C12H17N3O/c1-2-8-3-13-12(14-4-8)15-5-9-10(6-15)11(9)7-16/h3-4,9-11,16H,2,5-7H2,1H3/t9-,10+,11?. The zero-order chi connectivity index (χ0) is 11.1. The largest absolute Gasteiger partial charge is 0.396 e. The van der Waals surface area contributed by atoms with Crippen LogP contribution >= 0.6 is 0 Å². The molecule has 2 heterocycles. The van der Waals surface area contributed by atoms with Gasteiger partial charge in [-0.05, 0) is 29.7 Å². The first kappa shape index (κ1) is 10.0. The highest BCUT2D eigenvalue weighted by Gasteiger charge is 2.55. The molecule has 86 valence electrons. The van der Waals surface area contributed by atoms with Crippen LogP contribution < -0.4 is 4.90 Å². The Labute approximate surface area is 95.3 Å². The molecule has 4 heteroatoms. The number of rotatable bonds is 3. The van der Waals surface area contributed by atoms with Crippen LogP contribution in [0.2, 0.25) is 0 Å². The van der Waals surface area contributed by atoms with Gasteiger partial charge in [0, 0.05) is 32.1 Å². The van der Waals surface area contributed by atoms with Crippen molar-refractivity contribution in [2.45, 2.75) is 13.3 Å². The fourth-order valence-electron chi connectivity index (χ4n) is 2.78. The first-order chi connectivity index (χ1) is 7.83. The predicted molar refractivity (Wildman–Crippen MR) is 61.2 cm³/mol. The van der Waals surface area contributed by atoms with E-state index in [-0.39, 0.29) is 0 Å². The van der Waals surface area contributed by atoms with Gasteiger partial charge in [-0.1, -0.05) is 6.92 Å². The van der Waals surface area contributed by atoms with E-state index in [9.17, 15) is 0 Å². The predicted octanol–water partition coefficient (Wildman–Crippen LogP) is 0.714. The fourth-order valence-corrected chi connectivity index (χ4v) is 2.78. The van der Waals surface area contributed by atoms with Crippen molar-refractivity contribution in [1.82, 2.24) is 9.97 Å². The summed E-state index contributed by atoms with van der Waals surface area (Å²) in [5, 5.41) is 9.09. The number of nitrogens with zero attached hydrogens (tertiary/aromatic N) is 3. The summed E-state index contributed by atoms with van der Waals surface area (Å²) in [7, 11) is 0. The third-order valence-electron chi connectivity index (χ3n) is 3.96. The normalized spacial score (nSPS) is 31.6. The van der Waals surface area contributed by atoms with Gasteiger partial charge < -0.3 is 10.0 Å². The van der Waals surface area contributed by atoms with E-state index in [1.54, 1.807) is 0 Å². The van der Waals surface area contributed by atoms with E-state index in [1.807, 2.05) is 12.4 Å².